The first-order chi connectivity index (χ1) is 35.1. The van der Waals surface area contributed by atoms with E-state index < -0.39 is 52.9 Å². The molecular formula is C51H65FN10O10S2. The Kier molecular flexibility index (Phi) is 15.0. The number of hydrogen-bond donors (Lipinski definition) is 5. The number of aliphatic hydroxyl groups is 1. The van der Waals surface area contributed by atoms with Gasteiger partial charge in [-0.1, -0.05) is 38.1 Å². The lowest BCUT2D eigenvalue weighted by Crippen LogP contribution is -2.60. The maximum Gasteiger partial charge on any atom is 0.312 e. The van der Waals surface area contributed by atoms with Gasteiger partial charge in [0.15, 0.2) is 5.75 Å². The molecule has 1 amide bonds. The number of sulfonamides is 2. The summed E-state index contributed by atoms with van der Waals surface area (Å²) in [5.74, 6) is -1.68. The summed E-state index contributed by atoms with van der Waals surface area (Å²) in [6.07, 6.45) is 8.43. The molecule has 4 aliphatic rings. The third-order valence-corrected chi connectivity index (χ3v) is 17.7. The van der Waals surface area contributed by atoms with Crippen LogP contribution in [0.1, 0.15) is 106 Å². The molecule has 74 heavy (non-hydrogen) atoms. The minimum atomic E-state index is -4.76. The molecule has 2 saturated heterocycles. The third-order valence-electron chi connectivity index (χ3n) is 15.7. The molecule has 9 rings (SSSR count). The number of benzene rings is 2. The van der Waals surface area contributed by atoms with Gasteiger partial charge in [-0.25, -0.2) is 36.1 Å². The van der Waals surface area contributed by atoms with E-state index in [0.717, 1.165) is 57.2 Å². The van der Waals surface area contributed by atoms with Gasteiger partial charge in [0.2, 0.25) is 15.8 Å². The number of carbonyl (C=O) groups is 1. The lowest BCUT2D eigenvalue weighted by Gasteiger charge is -2.58. The van der Waals surface area contributed by atoms with Gasteiger partial charge < -0.3 is 29.8 Å². The van der Waals surface area contributed by atoms with E-state index in [-0.39, 0.29) is 62.9 Å². The van der Waals surface area contributed by atoms with Gasteiger partial charge in [0.05, 0.1) is 40.5 Å². The van der Waals surface area contributed by atoms with Crippen LogP contribution in [0.5, 0.6) is 17.4 Å². The van der Waals surface area contributed by atoms with Crippen molar-refractivity contribution in [1.82, 2.24) is 29.5 Å². The largest absolute Gasteiger partial charge is 0.478 e. The van der Waals surface area contributed by atoms with Crippen LogP contribution in [0, 0.1) is 27.3 Å². The van der Waals surface area contributed by atoms with Crippen molar-refractivity contribution in [2.75, 3.05) is 68.9 Å². The summed E-state index contributed by atoms with van der Waals surface area (Å²) >= 11 is 0. The number of piperazine rings is 1. The number of H-pyrrole nitrogens is 1. The number of methoxy groups -OCH3 is 1. The van der Waals surface area contributed by atoms with Gasteiger partial charge in [0.25, 0.3) is 21.8 Å². The van der Waals surface area contributed by atoms with Crippen LogP contribution in [0.2, 0.25) is 0 Å². The van der Waals surface area contributed by atoms with E-state index in [1.165, 1.54) is 30.4 Å². The molecule has 5 aromatic rings. The number of halogens is 1. The molecule has 20 nitrogen and oxygen atoms in total. The number of piperidine rings is 1. The molecule has 5 heterocycles. The van der Waals surface area contributed by atoms with Crippen LogP contribution in [0.15, 0.2) is 71.9 Å². The number of nitrogens with one attached hydrogen (secondary N) is 3. The number of nitrogens with two attached hydrogens (primary N) is 1. The predicted octanol–water partition coefficient (Wildman–Crippen LogP) is 6.80. The molecule has 0 bridgehead atoms. The normalized spacial score (nSPS) is 21.9. The predicted molar refractivity (Wildman–Crippen MR) is 277 cm³/mol. The van der Waals surface area contributed by atoms with Gasteiger partial charge in [-0.05, 0) is 98.8 Å². The third kappa shape index (κ3) is 11.6. The van der Waals surface area contributed by atoms with Crippen molar-refractivity contribution in [3.8, 4) is 17.4 Å². The number of amides is 1. The maximum absolute atomic E-state index is 14.9. The van der Waals surface area contributed by atoms with Crippen LogP contribution < -0.4 is 29.6 Å². The second-order valence-electron chi connectivity index (χ2n) is 21.1. The first kappa shape index (κ1) is 52.9. The highest BCUT2D eigenvalue weighted by Crippen LogP contribution is 2.53. The van der Waals surface area contributed by atoms with Crippen LogP contribution in [0.4, 0.5) is 21.6 Å². The Morgan fingerprint density at radius 2 is 1.76 bits per heavy atom. The lowest BCUT2D eigenvalue weighted by atomic mass is 9.59. The molecule has 6 N–H and O–H groups in total. The molecule has 2 aliphatic carbocycles. The standard InChI is InChI=1S/C51H65FN10O10S2/c1-32(2)37-7-5-6-8-38(37)43-31-59(21-22-73(53,67)68)19-20-61(43)35-26-51(27-35)15-17-60(18-16-51)34-9-10-39(44(23-34)72-45-25-40-41(52)30-56-46(40)57-49(45)71-4)48(63)58-74(69,70)36-24-42(62(65)66)47(55-29-36)54-28-33-11-13-50(3,64)14-12-33/h5-10,23-25,29-30,32-33,35,43,64H,11-22,26-28,31H2,1-4H3,(H,54,55)(H,56,57)(H,58,63)(H2,53,67,68)/t33?,43-,50?/m0/s1. The fraction of sp³-hybridized carbons (Fsp3) is 0.510. The van der Waals surface area contributed by atoms with E-state index in [1.807, 2.05) is 4.72 Å². The first-order valence-electron chi connectivity index (χ1n) is 25.1. The maximum atomic E-state index is 14.9. The summed E-state index contributed by atoms with van der Waals surface area (Å²) in [5, 5.41) is 31.0. The molecule has 0 unspecified atom stereocenters. The number of aromatic nitrogens is 3. The number of hydrogen-bond acceptors (Lipinski definition) is 16. The Morgan fingerprint density at radius 3 is 2.45 bits per heavy atom. The van der Waals surface area contributed by atoms with Crippen molar-refractivity contribution >= 4 is 54.2 Å². The average molecular weight is 1060 g/mol. The molecule has 0 radical (unpaired) electrons. The fourth-order valence-electron chi connectivity index (χ4n) is 11.3. The Balaban J connectivity index is 0.924. The van der Waals surface area contributed by atoms with Crippen molar-refractivity contribution in [3.05, 3.63) is 99.6 Å². The van der Waals surface area contributed by atoms with E-state index in [9.17, 15) is 41.2 Å². The number of carbonyl (C=O) groups excluding carboxylic acids is 1. The van der Waals surface area contributed by atoms with Crippen molar-refractivity contribution in [2.45, 2.75) is 101 Å². The van der Waals surface area contributed by atoms with Gasteiger partial charge >= 0.3 is 5.69 Å². The Labute approximate surface area is 430 Å². The quantitative estimate of drug-likeness (QED) is 0.0473. The monoisotopic (exact) mass is 1060 g/mol. The van der Waals surface area contributed by atoms with E-state index in [2.05, 4.69) is 73.1 Å². The van der Waals surface area contributed by atoms with Crippen LogP contribution in [0.25, 0.3) is 11.0 Å². The zero-order chi connectivity index (χ0) is 52.7. The summed E-state index contributed by atoms with van der Waals surface area (Å²) in [6.45, 7) is 10.5. The second-order valence-corrected chi connectivity index (χ2v) is 24.5. The van der Waals surface area contributed by atoms with E-state index in [1.54, 1.807) is 19.1 Å². The molecule has 2 aromatic carbocycles. The van der Waals surface area contributed by atoms with Gasteiger partial charge in [-0.2, -0.15) is 4.98 Å². The zero-order valence-electron chi connectivity index (χ0n) is 42.1. The SMILES string of the molecule is COc1nc2[nH]cc(F)c2cc1Oc1cc(N2CCC3(CC2)CC(N2CCN(CCS(N)(=O)=O)C[C@H]2c2ccccc2C(C)C)C3)ccc1C(=O)NS(=O)(=O)c1cnc(NCC2CCC(C)(O)CC2)c([N+](=O)[O-])c1. The number of rotatable bonds is 17. The Hall–Kier alpha value is -5.98. The molecule has 1 spiro atoms. The van der Waals surface area contributed by atoms with E-state index in [0.29, 0.717) is 76.1 Å². The highest BCUT2D eigenvalue weighted by atomic mass is 32.2. The average Bonchev–Trinajstić information content (AvgIpc) is 3.72. The number of nitro groups is 1. The van der Waals surface area contributed by atoms with E-state index in [4.69, 9.17) is 14.6 Å². The topological polar surface area (TPSA) is 269 Å². The van der Waals surface area contributed by atoms with Crippen LogP contribution in [-0.2, 0) is 20.0 Å². The molecule has 4 fully saturated rings. The molecule has 23 heteroatoms. The summed E-state index contributed by atoms with van der Waals surface area (Å²) in [6, 6.07) is 15.9. The van der Waals surface area contributed by atoms with Crippen LogP contribution in [0.3, 0.4) is 0 Å². The number of aromatic amines is 1. The summed E-state index contributed by atoms with van der Waals surface area (Å²) in [4.78, 5) is 43.2. The van der Waals surface area contributed by atoms with Gasteiger partial charge in [-0.15, -0.1) is 0 Å². The number of primary sulfonamides is 1. The molecule has 2 aliphatic heterocycles. The summed E-state index contributed by atoms with van der Waals surface area (Å²) in [7, 11) is -7.01. The number of pyridine rings is 2. The zero-order valence-corrected chi connectivity index (χ0v) is 43.7. The summed E-state index contributed by atoms with van der Waals surface area (Å²) < 4.78 is 80.2. The smallest absolute Gasteiger partial charge is 0.312 e. The van der Waals surface area contributed by atoms with Crippen LogP contribution >= 0.6 is 0 Å². The molecule has 398 valence electrons. The minimum Gasteiger partial charge on any atom is -0.478 e. The Morgan fingerprint density at radius 1 is 1.03 bits per heavy atom. The number of ether oxygens (including phenoxy) is 2. The molecule has 3 aromatic heterocycles. The minimum absolute atomic E-state index is 0.0366. The number of nitrogens with zero attached hydrogens (tertiary/aromatic N) is 6. The molecule has 1 atom stereocenters. The van der Waals surface area contributed by atoms with Crippen LogP contribution in [-0.4, -0.2) is 128 Å². The molecule has 2 saturated carbocycles. The van der Waals surface area contributed by atoms with Crippen molar-refractivity contribution in [3.63, 3.8) is 0 Å². The first-order valence-corrected chi connectivity index (χ1v) is 28.3. The highest BCUT2D eigenvalue weighted by molar-refractivity contribution is 7.90. The van der Waals surface area contributed by atoms with Crippen molar-refractivity contribution < 1.29 is 45.5 Å². The van der Waals surface area contributed by atoms with Gasteiger partial charge in [0.1, 0.15) is 22.1 Å². The Bertz CT molecular complexity index is 3130. The van der Waals surface area contributed by atoms with Crippen molar-refractivity contribution in [1.29, 1.82) is 0 Å². The number of fused-ring (bicyclic) bond motifs is 1. The van der Waals surface area contributed by atoms with Gasteiger partial charge in [-0.3, -0.25) is 24.7 Å². The lowest BCUT2D eigenvalue weighted by molar-refractivity contribution is -0.384. The molecular weight excluding hydrogens is 996 g/mol. The number of anilines is 2. The van der Waals surface area contributed by atoms with Gasteiger partial charge in [0, 0.05) is 88.0 Å². The summed E-state index contributed by atoms with van der Waals surface area (Å²) in [5.41, 5.74) is 1.96. The highest BCUT2D eigenvalue weighted by Gasteiger charge is 2.50. The fourth-order valence-corrected chi connectivity index (χ4v) is 12.8. The second kappa shape index (κ2) is 21.0. The van der Waals surface area contributed by atoms with E-state index >= 15 is 0 Å². The van der Waals surface area contributed by atoms with Crippen molar-refractivity contribution in [2.24, 2.45) is 16.5 Å².